The number of fused-ring (bicyclic) bond motifs is 2. The number of aliphatic carboxylic acids is 1. The first-order valence-corrected chi connectivity index (χ1v) is 6.49. The molecule has 108 valence electrons. The van der Waals surface area contributed by atoms with Crippen molar-refractivity contribution in [2.45, 2.75) is 12.8 Å². The summed E-state index contributed by atoms with van der Waals surface area (Å²) in [7, 11) is 0. The molecular weight excluding hydrogens is 274 g/mol. The van der Waals surface area contributed by atoms with E-state index in [0.717, 1.165) is 10.9 Å². The Kier molecular flexibility index (Phi) is 3.31. The van der Waals surface area contributed by atoms with Crippen LogP contribution in [0.5, 0.6) is 5.75 Å². The monoisotopic (exact) mass is 287 g/mol. The van der Waals surface area contributed by atoms with E-state index in [9.17, 15) is 9.59 Å². The molecule has 0 aliphatic rings. The van der Waals surface area contributed by atoms with Gasteiger partial charge in [0.15, 0.2) is 5.65 Å². The topological polar surface area (TPSA) is 108 Å². The van der Waals surface area contributed by atoms with Crippen molar-refractivity contribution in [2.75, 3.05) is 6.61 Å². The first kappa shape index (κ1) is 13.2. The molecule has 7 heteroatoms. The number of carboxylic acids is 1. The van der Waals surface area contributed by atoms with Crippen LogP contribution < -0.4 is 10.4 Å². The van der Waals surface area contributed by atoms with Crippen molar-refractivity contribution in [3.05, 3.63) is 34.7 Å². The number of rotatable bonds is 5. The molecule has 0 radical (unpaired) electrons. The van der Waals surface area contributed by atoms with Crippen LogP contribution in [0.2, 0.25) is 0 Å². The van der Waals surface area contributed by atoms with E-state index in [1.54, 1.807) is 12.1 Å². The number of imidazole rings is 1. The molecule has 7 nitrogen and oxygen atoms in total. The van der Waals surface area contributed by atoms with Crippen molar-refractivity contribution < 1.29 is 14.6 Å². The molecule has 0 aliphatic carbocycles. The predicted molar refractivity (Wildman–Crippen MR) is 76.6 cm³/mol. The Morgan fingerprint density at radius 3 is 2.95 bits per heavy atom. The van der Waals surface area contributed by atoms with Crippen LogP contribution in [0.15, 0.2) is 29.1 Å². The number of nitrogens with one attached hydrogen (secondary N) is 2. The second-order valence-electron chi connectivity index (χ2n) is 4.66. The number of nitrogens with zero attached hydrogens (tertiary/aromatic N) is 1. The minimum absolute atomic E-state index is 0.0837. The molecule has 3 rings (SSSR count). The third-order valence-electron chi connectivity index (χ3n) is 3.07. The SMILES string of the molecule is O=C(O)CCCOc1ccc2nc3[nH]c(=O)[nH]c3cc2c1. The average Bonchev–Trinajstić information content (AvgIpc) is 2.79. The van der Waals surface area contributed by atoms with Gasteiger partial charge in [-0.1, -0.05) is 0 Å². The van der Waals surface area contributed by atoms with E-state index < -0.39 is 5.97 Å². The number of pyridine rings is 1. The fraction of sp³-hybridized carbons (Fsp3) is 0.214. The number of hydrogen-bond donors (Lipinski definition) is 3. The Hall–Kier alpha value is -2.83. The molecule has 0 saturated carbocycles. The van der Waals surface area contributed by atoms with E-state index in [4.69, 9.17) is 9.84 Å². The summed E-state index contributed by atoms with van der Waals surface area (Å²) in [6.07, 6.45) is 0.538. The summed E-state index contributed by atoms with van der Waals surface area (Å²) in [4.78, 5) is 31.3. The van der Waals surface area contributed by atoms with Crippen molar-refractivity contribution in [3.8, 4) is 5.75 Å². The van der Waals surface area contributed by atoms with Gasteiger partial charge in [-0.25, -0.2) is 9.78 Å². The summed E-state index contributed by atoms with van der Waals surface area (Å²) in [5.74, 6) is -0.188. The Morgan fingerprint density at radius 1 is 1.29 bits per heavy atom. The van der Waals surface area contributed by atoms with E-state index in [2.05, 4.69) is 15.0 Å². The second kappa shape index (κ2) is 5.28. The standard InChI is InChI=1S/C14H13N3O4/c18-12(19)2-1-5-21-9-3-4-10-8(6-9)7-11-13(15-10)17-14(20)16-11/h3-4,6-7H,1-2,5H2,(H,18,19)(H2,15,16,17,20). The van der Waals surface area contributed by atoms with Crippen molar-refractivity contribution >= 4 is 28.0 Å². The van der Waals surface area contributed by atoms with Gasteiger partial charge in [-0.3, -0.25) is 9.78 Å². The number of carboxylic acid groups (broad SMARTS) is 1. The molecule has 0 spiro atoms. The highest BCUT2D eigenvalue weighted by molar-refractivity contribution is 5.89. The van der Waals surface area contributed by atoms with Crippen LogP contribution in [0.4, 0.5) is 0 Å². The maximum Gasteiger partial charge on any atom is 0.325 e. The van der Waals surface area contributed by atoms with Gasteiger partial charge in [0, 0.05) is 11.8 Å². The van der Waals surface area contributed by atoms with Crippen molar-refractivity contribution in [1.82, 2.24) is 15.0 Å². The van der Waals surface area contributed by atoms with Gasteiger partial charge in [-0.2, -0.15) is 0 Å². The minimum atomic E-state index is -0.833. The predicted octanol–water partition coefficient (Wildman–Crippen LogP) is 1.65. The second-order valence-corrected chi connectivity index (χ2v) is 4.66. The van der Waals surface area contributed by atoms with Crippen molar-refractivity contribution in [1.29, 1.82) is 0 Å². The van der Waals surface area contributed by atoms with Gasteiger partial charge >= 0.3 is 11.7 Å². The molecule has 1 aromatic carbocycles. The zero-order chi connectivity index (χ0) is 14.8. The van der Waals surface area contributed by atoms with Crippen LogP contribution in [-0.4, -0.2) is 32.6 Å². The van der Waals surface area contributed by atoms with Crippen LogP contribution in [0.1, 0.15) is 12.8 Å². The van der Waals surface area contributed by atoms with Gasteiger partial charge in [0.2, 0.25) is 0 Å². The smallest absolute Gasteiger partial charge is 0.325 e. The third-order valence-corrected chi connectivity index (χ3v) is 3.07. The molecule has 0 fully saturated rings. The highest BCUT2D eigenvalue weighted by Gasteiger charge is 2.05. The maximum absolute atomic E-state index is 11.2. The lowest BCUT2D eigenvalue weighted by atomic mass is 10.2. The summed E-state index contributed by atoms with van der Waals surface area (Å²) in [6, 6.07) is 7.20. The number of hydrogen-bond acceptors (Lipinski definition) is 4. The molecule has 2 heterocycles. The van der Waals surface area contributed by atoms with Crippen molar-refractivity contribution in [3.63, 3.8) is 0 Å². The summed E-state index contributed by atoms with van der Waals surface area (Å²) >= 11 is 0. The molecule has 0 aliphatic heterocycles. The average molecular weight is 287 g/mol. The molecule has 0 bridgehead atoms. The fourth-order valence-corrected chi connectivity index (χ4v) is 2.11. The summed E-state index contributed by atoms with van der Waals surface area (Å²) in [6.45, 7) is 0.342. The molecule has 0 amide bonds. The maximum atomic E-state index is 11.2. The highest BCUT2D eigenvalue weighted by atomic mass is 16.5. The van der Waals surface area contributed by atoms with Gasteiger partial charge in [-0.05, 0) is 30.7 Å². The zero-order valence-corrected chi connectivity index (χ0v) is 11.0. The van der Waals surface area contributed by atoms with Gasteiger partial charge < -0.3 is 14.8 Å². The Bertz CT molecular complexity index is 865. The normalized spacial score (nSPS) is 11.0. The third kappa shape index (κ3) is 2.86. The van der Waals surface area contributed by atoms with E-state index in [1.807, 2.05) is 12.1 Å². The number of ether oxygens (including phenoxy) is 1. The van der Waals surface area contributed by atoms with Gasteiger partial charge in [0.1, 0.15) is 5.75 Å². The van der Waals surface area contributed by atoms with Crippen molar-refractivity contribution in [2.24, 2.45) is 0 Å². The molecule has 21 heavy (non-hydrogen) atoms. The number of aromatic nitrogens is 3. The van der Waals surface area contributed by atoms with E-state index in [0.29, 0.717) is 29.9 Å². The Balaban J connectivity index is 1.83. The molecule has 0 atom stereocenters. The minimum Gasteiger partial charge on any atom is -0.494 e. The largest absolute Gasteiger partial charge is 0.494 e. The summed E-state index contributed by atoms with van der Waals surface area (Å²) in [5, 5.41) is 9.40. The molecule has 3 N–H and O–H groups in total. The van der Waals surface area contributed by atoms with Gasteiger partial charge in [-0.15, -0.1) is 0 Å². The first-order chi connectivity index (χ1) is 10.1. The van der Waals surface area contributed by atoms with Crippen LogP contribution in [0.25, 0.3) is 22.1 Å². The number of aromatic amines is 2. The van der Waals surface area contributed by atoms with Gasteiger partial charge in [0.25, 0.3) is 0 Å². The number of carbonyl (C=O) groups is 1. The molecule has 0 saturated heterocycles. The van der Waals surface area contributed by atoms with Gasteiger partial charge in [0.05, 0.1) is 17.6 Å². The fourth-order valence-electron chi connectivity index (χ4n) is 2.11. The summed E-state index contributed by atoms with van der Waals surface area (Å²) < 4.78 is 5.51. The summed E-state index contributed by atoms with van der Waals surface area (Å²) in [5.41, 5.74) is 1.60. The van der Waals surface area contributed by atoms with Crippen LogP contribution in [0, 0.1) is 0 Å². The lowest BCUT2D eigenvalue weighted by Gasteiger charge is -2.06. The lowest BCUT2D eigenvalue weighted by molar-refractivity contribution is -0.137. The first-order valence-electron chi connectivity index (χ1n) is 6.49. The highest BCUT2D eigenvalue weighted by Crippen LogP contribution is 2.22. The lowest BCUT2D eigenvalue weighted by Crippen LogP contribution is -2.02. The number of H-pyrrole nitrogens is 2. The van der Waals surface area contributed by atoms with E-state index >= 15 is 0 Å². The van der Waals surface area contributed by atoms with E-state index in [1.165, 1.54) is 0 Å². The Morgan fingerprint density at radius 2 is 2.14 bits per heavy atom. The number of benzene rings is 1. The quantitative estimate of drug-likeness (QED) is 0.618. The van der Waals surface area contributed by atoms with Crippen LogP contribution >= 0.6 is 0 Å². The van der Waals surface area contributed by atoms with Crippen LogP contribution in [0.3, 0.4) is 0 Å². The molecule has 3 aromatic rings. The van der Waals surface area contributed by atoms with E-state index in [-0.39, 0.29) is 12.1 Å². The van der Waals surface area contributed by atoms with Crippen LogP contribution in [-0.2, 0) is 4.79 Å². The zero-order valence-electron chi connectivity index (χ0n) is 11.0. The molecule has 2 aromatic heterocycles. The molecule has 0 unspecified atom stereocenters. The Labute approximate surface area is 118 Å². The molecular formula is C14H13N3O4.